The van der Waals surface area contributed by atoms with E-state index in [-0.39, 0.29) is 12.1 Å². The molecule has 0 bridgehead atoms. The summed E-state index contributed by atoms with van der Waals surface area (Å²) in [5, 5.41) is 1.06. The van der Waals surface area contributed by atoms with Crippen molar-refractivity contribution in [2.45, 2.75) is 45.8 Å². The summed E-state index contributed by atoms with van der Waals surface area (Å²) in [6.07, 6.45) is 2.20. The minimum absolute atomic E-state index is 0.214. The lowest BCUT2D eigenvalue weighted by Crippen LogP contribution is -2.39. The zero-order chi connectivity index (χ0) is 19.7. The zero-order valence-corrected chi connectivity index (χ0v) is 17.6. The smallest absolute Gasteiger partial charge is 0.216 e. The van der Waals surface area contributed by atoms with Crippen LogP contribution < -0.4 is 9.47 Å². The number of thiazole rings is 1. The number of ether oxygens (including phenoxy) is 2. The fourth-order valence-electron chi connectivity index (χ4n) is 3.71. The van der Waals surface area contributed by atoms with Gasteiger partial charge in [0.25, 0.3) is 0 Å². The molecule has 3 aromatic heterocycles. The van der Waals surface area contributed by atoms with Crippen molar-refractivity contribution < 1.29 is 9.47 Å². The molecule has 4 rings (SSSR count). The highest BCUT2D eigenvalue weighted by atomic mass is 32.1. The molecule has 1 fully saturated rings. The molecule has 0 spiro atoms. The van der Waals surface area contributed by atoms with Crippen LogP contribution in [0, 0.1) is 13.8 Å². The number of piperidine rings is 1. The molecule has 1 aliphatic heterocycles. The summed E-state index contributed by atoms with van der Waals surface area (Å²) in [6.45, 7) is 8.19. The van der Waals surface area contributed by atoms with E-state index >= 15 is 0 Å². The number of rotatable bonds is 5. The van der Waals surface area contributed by atoms with E-state index in [0.717, 1.165) is 58.4 Å². The molecule has 3 aromatic rings. The Kier molecular flexibility index (Phi) is 5.46. The van der Waals surface area contributed by atoms with E-state index in [1.165, 1.54) is 0 Å². The molecule has 0 unspecified atom stereocenters. The van der Waals surface area contributed by atoms with E-state index in [9.17, 15) is 0 Å². The third-order valence-corrected chi connectivity index (χ3v) is 6.17. The van der Waals surface area contributed by atoms with Crippen molar-refractivity contribution in [1.82, 2.24) is 19.9 Å². The Morgan fingerprint density at radius 3 is 2.64 bits per heavy atom. The molecule has 0 N–H and O–H groups in total. The number of pyridine rings is 2. The number of aromatic nitrogens is 3. The van der Waals surface area contributed by atoms with Crippen LogP contribution in [0.2, 0.25) is 0 Å². The van der Waals surface area contributed by atoms with E-state index in [1.807, 2.05) is 26.0 Å². The van der Waals surface area contributed by atoms with Gasteiger partial charge in [-0.15, -0.1) is 11.3 Å². The third kappa shape index (κ3) is 4.10. The van der Waals surface area contributed by atoms with Crippen molar-refractivity contribution in [2.24, 2.45) is 0 Å². The van der Waals surface area contributed by atoms with Crippen LogP contribution in [0.5, 0.6) is 11.6 Å². The minimum Gasteiger partial charge on any atom is -0.490 e. The van der Waals surface area contributed by atoms with Crippen LogP contribution in [0.3, 0.4) is 0 Å². The van der Waals surface area contributed by atoms with Gasteiger partial charge in [0.05, 0.1) is 22.5 Å². The summed E-state index contributed by atoms with van der Waals surface area (Å²) in [5.41, 5.74) is 2.86. The molecule has 4 heterocycles. The molecular formula is C21H26N4O2S. The molecule has 1 atom stereocenters. The van der Waals surface area contributed by atoms with Crippen molar-refractivity contribution in [2.75, 3.05) is 20.2 Å². The van der Waals surface area contributed by atoms with Gasteiger partial charge in [0.15, 0.2) is 5.65 Å². The molecular weight excluding hydrogens is 372 g/mol. The predicted octanol–water partition coefficient (Wildman–Crippen LogP) is 4.32. The van der Waals surface area contributed by atoms with Gasteiger partial charge in [0.1, 0.15) is 11.9 Å². The lowest BCUT2D eigenvalue weighted by molar-refractivity contribution is 0.0785. The van der Waals surface area contributed by atoms with Gasteiger partial charge >= 0.3 is 0 Å². The van der Waals surface area contributed by atoms with Crippen LogP contribution in [-0.2, 0) is 0 Å². The molecule has 28 heavy (non-hydrogen) atoms. The van der Waals surface area contributed by atoms with Gasteiger partial charge in [-0.2, -0.15) is 0 Å². The Balaban J connectivity index is 1.38. The Labute approximate surface area is 169 Å². The molecule has 0 amide bonds. The molecule has 148 valence electrons. The number of fused-ring (bicyclic) bond motifs is 1. The summed E-state index contributed by atoms with van der Waals surface area (Å²) in [5.74, 6) is 1.43. The van der Waals surface area contributed by atoms with E-state index in [4.69, 9.17) is 14.5 Å². The van der Waals surface area contributed by atoms with Crippen LogP contribution >= 0.6 is 11.3 Å². The number of nitrogens with zero attached hydrogens (tertiary/aromatic N) is 4. The van der Waals surface area contributed by atoms with E-state index < -0.39 is 0 Å². The molecule has 0 saturated carbocycles. The quantitative estimate of drug-likeness (QED) is 0.638. The maximum absolute atomic E-state index is 6.20. The average molecular weight is 399 g/mol. The highest BCUT2D eigenvalue weighted by molar-refractivity contribution is 7.18. The second-order valence-electron chi connectivity index (χ2n) is 7.31. The van der Waals surface area contributed by atoms with Crippen molar-refractivity contribution >= 4 is 21.7 Å². The molecule has 0 aliphatic carbocycles. The van der Waals surface area contributed by atoms with Crippen molar-refractivity contribution in [3.63, 3.8) is 0 Å². The number of methoxy groups -OCH3 is 1. The predicted molar refractivity (Wildman–Crippen MR) is 111 cm³/mol. The van der Waals surface area contributed by atoms with E-state index in [1.54, 1.807) is 18.4 Å². The van der Waals surface area contributed by atoms with E-state index in [2.05, 4.69) is 33.9 Å². The fraction of sp³-hybridized carbons (Fsp3) is 0.476. The lowest BCUT2D eigenvalue weighted by Gasteiger charge is -2.35. The molecule has 0 aromatic carbocycles. The lowest BCUT2D eigenvalue weighted by atomic mass is 10.0. The Morgan fingerprint density at radius 2 is 1.89 bits per heavy atom. The fourth-order valence-corrected chi connectivity index (χ4v) is 4.48. The summed E-state index contributed by atoms with van der Waals surface area (Å²) < 4.78 is 12.6. The van der Waals surface area contributed by atoms with Gasteiger partial charge in [-0.05, 0) is 45.7 Å². The molecule has 7 heteroatoms. The second kappa shape index (κ2) is 8.01. The monoisotopic (exact) mass is 398 g/mol. The van der Waals surface area contributed by atoms with E-state index in [0.29, 0.717) is 5.88 Å². The first-order valence-electron chi connectivity index (χ1n) is 9.69. The first-order valence-corrected chi connectivity index (χ1v) is 10.5. The van der Waals surface area contributed by atoms with Crippen LogP contribution in [0.4, 0.5) is 0 Å². The summed E-state index contributed by atoms with van der Waals surface area (Å²) in [4.78, 5) is 16.1. The second-order valence-corrected chi connectivity index (χ2v) is 8.54. The summed E-state index contributed by atoms with van der Waals surface area (Å²) in [7, 11) is 1.63. The molecule has 1 aliphatic rings. The topological polar surface area (TPSA) is 60.4 Å². The number of hydrogen-bond donors (Lipinski definition) is 0. The Hall–Kier alpha value is -2.25. The van der Waals surface area contributed by atoms with Crippen molar-refractivity contribution in [3.05, 3.63) is 40.7 Å². The minimum atomic E-state index is 0.214. The zero-order valence-electron chi connectivity index (χ0n) is 16.8. The van der Waals surface area contributed by atoms with Gasteiger partial charge in [0, 0.05) is 37.0 Å². The first-order chi connectivity index (χ1) is 13.5. The van der Waals surface area contributed by atoms with Crippen LogP contribution in [0.15, 0.2) is 24.3 Å². The van der Waals surface area contributed by atoms with Gasteiger partial charge < -0.3 is 9.47 Å². The van der Waals surface area contributed by atoms with Crippen molar-refractivity contribution in [3.8, 4) is 11.6 Å². The first kappa shape index (κ1) is 19.1. The average Bonchev–Trinajstić information content (AvgIpc) is 3.06. The largest absolute Gasteiger partial charge is 0.490 e. The van der Waals surface area contributed by atoms with Gasteiger partial charge in [0.2, 0.25) is 5.88 Å². The van der Waals surface area contributed by atoms with Gasteiger partial charge in [-0.1, -0.05) is 0 Å². The van der Waals surface area contributed by atoms with Gasteiger partial charge in [-0.3, -0.25) is 4.90 Å². The third-order valence-electron chi connectivity index (χ3n) is 5.25. The van der Waals surface area contributed by atoms with Crippen LogP contribution in [0.25, 0.3) is 10.3 Å². The standard InChI is InChI=1S/C21H26N4O2S/c1-13-11-17(12-20(22-13)26-4)27-16-7-9-25(10-8-16)14(2)18-5-6-19-21(24-18)23-15(3)28-19/h5-6,11-12,14,16H,7-10H2,1-4H3/t14-/m1/s1. The molecule has 0 radical (unpaired) electrons. The number of hydrogen-bond acceptors (Lipinski definition) is 7. The number of aryl methyl sites for hydroxylation is 2. The van der Waals surface area contributed by atoms with Crippen LogP contribution in [0.1, 0.15) is 42.2 Å². The number of likely N-dealkylation sites (tertiary alicyclic amines) is 1. The van der Waals surface area contributed by atoms with Crippen molar-refractivity contribution in [1.29, 1.82) is 0 Å². The normalized spacial score (nSPS) is 17.0. The highest BCUT2D eigenvalue weighted by Gasteiger charge is 2.25. The highest BCUT2D eigenvalue weighted by Crippen LogP contribution is 2.28. The van der Waals surface area contributed by atoms with Crippen LogP contribution in [-0.4, -0.2) is 46.2 Å². The maximum Gasteiger partial charge on any atom is 0.216 e. The Morgan fingerprint density at radius 1 is 1.11 bits per heavy atom. The SMILES string of the molecule is COc1cc(OC2CCN([C@H](C)c3ccc4sc(C)nc4n3)CC2)cc(C)n1. The summed E-state index contributed by atoms with van der Waals surface area (Å²) in [6, 6.07) is 8.38. The molecule has 6 nitrogen and oxygen atoms in total. The Bertz CT molecular complexity index is 966. The van der Waals surface area contributed by atoms with Gasteiger partial charge in [-0.25, -0.2) is 15.0 Å². The maximum atomic E-state index is 6.20. The molecule has 1 saturated heterocycles. The summed E-state index contributed by atoms with van der Waals surface area (Å²) >= 11 is 1.70.